The zero-order valence-corrected chi connectivity index (χ0v) is 21.5. The van der Waals surface area contributed by atoms with Crippen LogP contribution >= 0.6 is 0 Å². The molecule has 1 N–H and O–H groups in total. The highest BCUT2D eigenvalue weighted by atomic mass is 16.7. The minimum atomic E-state index is -1.01. The van der Waals surface area contributed by atoms with Crippen molar-refractivity contribution in [3.05, 3.63) is 59.2 Å². The number of hydrogen-bond acceptors (Lipinski definition) is 7. The van der Waals surface area contributed by atoms with Crippen LogP contribution in [0.4, 0.5) is 0 Å². The van der Waals surface area contributed by atoms with E-state index in [-0.39, 0.29) is 19.0 Å². The molecular weight excluding hydrogens is 464 g/mol. The summed E-state index contributed by atoms with van der Waals surface area (Å²) in [5.41, 5.74) is 2.00. The summed E-state index contributed by atoms with van der Waals surface area (Å²) in [7, 11) is 1.63. The monoisotopic (exact) mass is 502 g/mol. The number of methoxy groups -OCH3 is 1. The maximum Gasteiger partial charge on any atom is 0.333 e. The summed E-state index contributed by atoms with van der Waals surface area (Å²) < 4.78 is 33.0. The Kier molecular flexibility index (Phi) is 14.1. The van der Waals surface area contributed by atoms with Gasteiger partial charge in [0, 0.05) is 20.1 Å². The smallest absolute Gasteiger partial charge is 0.333 e. The Bertz CT molecular complexity index is 924. The second kappa shape index (κ2) is 17.4. The standard InChI is InChI=1S/C28H38O8/c1-4-6-14-34-27-19-23(18-24(28(29)30)20-32-5-2)9-12-26(27)35-15-13-22-7-10-25(11-8-22)36-21-33-17-16-31-3/h7-12,18-19H,4-6,13-17,20-21H2,1-3H3,(H,29,30). The quantitative estimate of drug-likeness (QED) is 0.163. The van der Waals surface area contributed by atoms with Crippen molar-refractivity contribution >= 4 is 12.0 Å². The van der Waals surface area contributed by atoms with Gasteiger partial charge >= 0.3 is 5.97 Å². The fourth-order valence-corrected chi connectivity index (χ4v) is 3.09. The fourth-order valence-electron chi connectivity index (χ4n) is 3.09. The van der Waals surface area contributed by atoms with E-state index < -0.39 is 5.97 Å². The molecule has 0 unspecified atom stereocenters. The van der Waals surface area contributed by atoms with Gasteiger partial charge in [-0.1, -0.05) is 31.5 Å². The van der Waals surface area contributed by atoms with Gasteiger partial charge in [0.2, 0.25) is 0 Å². The Labute approximate surface area is 213 Å². The van der Waals surface area contributed by atoms with Crippen LogP contribution in [0.25, 0.3) is 6.08 Å². The second-order valence-electron chi connectivity index (χ2n) is 7.93. The van der Waals surface area contributed by atoms with E-state index in [4.69, 9.17) is 28.4 Å². The van der Waals surface area contributed by atoms with Crippen molar-refractivity contribution in [2.45, 2.75) is 33.1 Å². The molecule has 0 bridgehead atoms. The van der Waals surface area contributed by atoms with Crippen molar-refractivity contribution in [3.8, 4) is 17.2 Å². The molecule has 2 rings (SSSR count). The molecule has 36 heavy (non-hydrogen) atoms. The molecule has 0 aliphatic heterocycles. The Balaban J connectivity index is 1.98. The van der Waals surface area contributed by atoms with Gasteiger partial charge in [-0.25, -0.2) is 4.79 Å². The molecule has 0 aliphatic carbocycles. The maximum absolute atomic E-state index is 11.5. The minimum absolute atomic E-state index is 0.0424. The lowest BCUT2D eigenvalue weighted by atomic mass is 10.1. The van der Waals surface area contributed by atoms with Crippen LogP contribution in [0.1, 0.15) is 37.8 Å². The third-order valence-electron chi connectivity index (χ3n) is 5.11. The van der Waals surface area contributed by atoms with E-state index in [1.807, 2.05) is 43.3 Å². The highest BCUT2D eigenvalue weighted by Gasteiger charge is 2.11. The van der Waals surface area contributed by atoms with E-state index in [1.54, 1.807) is 19.3 Å². The van der Waals surface area contributed by atoms with Gasteiger partial charge in [0.25, 0.3) is 0 Å². The largest absolute Gasteiger partial charge is 0.490 e. The Morgan fingerprint density at radius 1 is 0.889 bits per heavy atom. The number of hydrogen-bond donors (Lipinski definition) is 1. The Morgan fingerprint density at radius 2 is 1.67 bits per heavy atom. The lowest BCUT2D eigenvalue weighted by molar-refractivity contribution is -0.133. The SMILES string of the molecule is CCCCOc1cc(C=C(COCC)C(=O)O)ccc1OCCc1ccc(OCOCCOC)cc1. The molecule has 0 spiro atoms. The molecule has 198 valence electrons. The van der Waals surface area contributed by atoms with Gasteiger partial charge in [-0.15, -0.1) is 0 Å². The first-order valence-electron chi connectivity index (χ1n) is 12.3. The van der Waals surface area contributed by atoms with Crippen molar-refractivity contribution in [2.75, 3.05) is 53.5 Å². The predicted molar refractivity (Wildman–Crippen MR) is 138 cm³/mol. The molecule has 0 fully saturated rings. The van der Waals surface area contributed by atoms with Crippen molar-refractivity contribution in [3.63, 3.8) is 0 Å². The van der Waals surface area contributed by atoms with E-state index >= 15 is 0 Å². The number of benzene rings is 2. The van der Waals surface area contributed by atoms with Crippen molar-refractivity contribution in [1.82, 2.24) is 0 Å². The number of unbranched alkanes of at least 4 members (excludes halogenated alkanes) is 1. The lowest BCUT2D eigenvalue weighted by Gasteiger charge is -2.14. The molecule has 0 amide bonds. The van der Waals surface area contributed by atoms with Crippen LogP contribution in [0.3, 0.4) is 0 Å². The third-order valence-corrected chi connectivity index (χ3v) is 5.11. The van der Waals surface area contributed by atoms with E-state index in [2.05, 4.69) is 6.92 Å². The lowest BCUT2D eigenvalue weighted by Crippen LogP contribution is -2.08. The minimum Gasteiger partial charge on any atom is -0.490 e. The van der Waals surface area contributed by atoms with Gasteiger partial charge in [0.05, 0.1) is 38.6 Å². The van der Waals surface area contributed by atoms with Crippen LogP contribution in [-0.2, 0) is 25.4 Å². The average molecular weight is 503 g/mol. The van der Waals surface area contributed by atoms with E-state index in [0.29, 0.717) is 56.5 Å². The maximum atomic E-state index is 11.5. The number of carboxylic acid groups (broad SMARTS) is 1. The van der Waals surface area contributed by atoms with Crippen LogP contribution in [0.5, 0.6) is 17.2 Å². The van der Waals surface area contributed by atoms with Gasteiger partial charge in [0.1, 0.15) is 5.75 Å². The topological polar surface area (TPSA) is 92.7 Å². The zero-order chi connectivity index (χ0) is 26.0. The van der Waals surface area contributed by atoms with Crippen molar-refractivity contribution < 1.29 is 38.3 Å². The summed E-state index contributed by atoms with van der Waals surface area (Å²) in [6, 6.07) is 13.2. The molecule has 0 saturated carbocycles. The van der Waals surface area contributed by atoms with E-state index in [0.717, 1.165) is 24.2 Å². The van der Waals surface area contributed by atoms with Crippen LogP contribution < -0.4 is 14.2 Å². The van der Waals surface area contributed by atoms with Crippen LogP contribution in [-0.4, -0.2) is 64.6 Å². The number of carboxylic acids is 1. The molecule has 0 heterocycles. The number of carbonyl (C=O) groups is 1. The molecule has 0 atom stereocenters. The van der Waals surface area contributed by atoms with Gasteiger partial charge < -0.3 is 33.5 Å². The number of ether oxygens (including phenoxy) is 6. The van der Waals surface area contributed by atoms with Crippen LogP contribution in [0.2, 0.25) is 0 Å². The highest BCUT2D eigenvalue weighted by Crippen LogP contribution is 2.30. The first kappa shape index (κ1) is 29.2. The van der Waals surface area contributed by atoms with Crippen LogP contribution in [0, 0.1) is 0 Å². The Morgan fingerprint density at radius 3 is 2.36 bits per heavy atom. The summed E-state index contributed by atoms with van der Waals surface area (Å²) in [6.45, 7) is 6.63. The zero-order valence-electron chi connectivity index (χ0n) is 21.5. The fraction of sp³-hybridized carbons (Fsp3) is 0.464. The summed E-state index contributed by atoms with van der Waals surface area (Å²) in [4.78, 5) is 11.5. The number of aliphatic carboxylic acids is 1. The third kappa shape index (κ3) is 11.1. The van der Waals surface area contributed by atoms with Crippen molar-refractivity contribution in [2.24, 2.45) is 0 Å². The molecule has 2 aromatic carbocycles. The summed E-state index contributed by atoms with van der Waals surface area (Å²) >= 11 is 0. The average Bonchev–Trinajstić information content (AvgIpc) is 2.88. The molecule has 0 radical (unpaired) electrons. The van der Waals surface area contributed by atoms with E-state index in [9.17, 15) is 9.90 Å². The molecule has 8 nitrogen and oxygen atoms in total. The Hall–Kier alpha value is -3.07. The second-order valence-corrected chi connectivity index (χ2v) is 7.93. The van der Waals surface area contributed by atoms with Gasteiger partial charge in [-0.2, -0.15) is 0 Å². The molecular formula is C28H38O8. The predicted octanol–water partition coefficient (Wildman–Crippen LogP) is 4.99. The van der Waals surface area contributed by atoms with Gasteiger partial charge in [0.15, 0.2) is 18.3 Å². The van der Waals surface area contributed by atoms with Gasteiger partial charge in [-0.05, 0) is 54.8 Å². The van der Waals surface area contributed by atoms with E-state index in [1.165, 1.54) is 0 Å². The summed E-state index contributed by atoms with van der Waals surface area (Å²) in [5, 5.41) is 9.45. The first-order valence-corrected chi connectivity index (χ1v) is 12.3. The van der Waals surface area contributed by atoms with Crippen LogP contribution in [0.15, 0.2) is 48.0 Å². The molecule has 2 aromatic rings. The van der Waals surface area contributed by atoms with Gasteiger partial charge in [-0.3, -0.25) is 0 Å². The molecule has 0 aromatic heterocycles. The van der Waals surface area contributed by atoms with Crippen molar-refractivity contribution in [1.29, 1.82) is 0 Å². The first-order chi connectivity index (χ1) is 17.6. The molecule has 0 aliphatic rings. The normalized spacial score (nSPS) is 11.4. The molecule has 8 heteroatoms. The number of rotatable bonds is 19. The summed E-state index contributed by atoms with van der Waals surface area (Å²) in [6.07, 6.45) is 4.22. The molecule has 0 saturated heterocycles. The highest BCUT2D eigenvalue weighted by molar-refractivity contribution is 5.92. The summed E-state index contributed by atoms with van der Waals surface area (Å²) in [5.74, 6) is 0.943.